The third kappa shape index (κ3) is 4.10. The van der Waals surface area contributed by atoms with Crippen LogP contribution in [0.5, 0.6) is 0 Å². The van der Waals surface area contributed by atoms with Gasteiger partial charge in [0.15, 0.2) is 5.76 Å². The van der Waals surface area contributed by atoms with Gasteiger partial charge in [-0.15, -0.1) is 0 Å². The number of piperazine rings is 1. The number of hydrogen-bond acceptors (Lipinski definition) is 7. The topological polar surface area (TPSA) is 69.8 Å². The summed E-state index contributed by atoms with van der Waals surface area (Å²) in [6.45, 7) is 8.43. The molecule has 0 bridgehead atoms. The number of fused-ring (bicyclic) bond motifs is 1. The van der Waals surface area contributed by atoms with Crippen LogP contribution in [0.15, 0.2) is 33.8 Å². The molecule has 0 saturated carbocycles. The fourth-order valence-electron chi connectivity index (χ4n) is 4.48. The Labute approximate surface area is 177 Å². The molecule has 30 heavy (non-hydrogen) atoms. The van der Waals surface area contributed by atoms with E-state index < -0.39 is 0 Å². The predicted molar refractivity (Wildman–Crippen MR) is 118 cm³/mol. The lowest BCUT2D eigenvalue weighted by atomic mass is 9.99. The number of nitrogens with one attached hydrogen (secondary N) is 1. The number of likely N-dealkylation sites (N-methyl/N-ethyl adjacent to an activating group) is 1. The molecular formula is C23H30N6O. The first-order valence-corrected chi connectivity index (χ1v) is 11.0. The van der Waals surface area contributed by atoms with Crippen molar-refractivity contribution in [1.82, 2.24) is 25.1 Å². The zero-order chi connectivity index (χ0) is 20.5. The predicted octanol–water partition coefficient (Wildman–Crippen LogP) is 2.73. The maximum absolute atomic E-state index is 6.11. The largest absolute Gasteiger partial charge is 0.459 e. The summed E-state index contributed by atoms with van der Waals surface area (Å²) in [6.07, 6.45) is 9.30. The molecule has 1 unspecified atom stereocenters. The Hall–Kier alpha value is -2.35. The van der Waals surface area contributed by atoms with Crippen molar-refractivity contribution >= 4 is 11.7 Å². The molecule has 1 aliphatic carbocycles. The summed E-state index contributed by atoms with van der Waals surface area (Å²) in [6, 6.07) is 2.63. The van der Waals surface area contributed by atoms with Crippen LogP contribution in [0, 0.1) is 6.92 Å². The zero-order valence-corrected chi connectivity index (χ0v) is 17.9. The summed E-state index contributed by atoms with van der Waals surface area (Å²) < 4.78 is 6.11. The van der Waals surface area contributed by atoms with Gasteiger partial charge in [-0.3, -0.25) is 4.90 Å². The van der Waals surface area contributed by atoms with Crippen LogP contribution >= 0.6 is 0 Å². The minimum atomic E-state index is 0.515. The molecule has 2 aromatic rings. The van der Waals surface area contributed by atoms with Gasteiger partial charge in [-0.25, -0.2) is 15.0 Å². The number of aromatic nitrogens is 2. The standard InChI is InChI=1S/C23H30N6O/c1-16-14-25-23(27-22(16)21-13-17-15-24-8-7-20(17)30-21)26-18-3-5-19(6-4-18)29-11-9-28(2)10-12-29/h3,5,13-14,19,24H,4,6-12,15H2,1-2H3. The van der Waals surface area contributed by atoms with Crippen LogP contribution in [0.4, 0.5) is 5.95 Å². The highest BCUT2D eigenvalue weighted by Gasteiger charge is 2.23. The average Bonchev–Trinajstić information content (AvgIpc) is 3.20. The number of nitrogens with zero attached hydrogens (tertiary/aromatic N) is 5. The number of allylic oxidation sites excluding steroid dienone is 1. The number of furan rings is 1. The third-order valence-electron chi connectivity index (χ3n) is 6.39. The van der Waals surface area contributed by atoms with Gasteiger partial charge in [-0.2, -0.15) is 0 Å². The van der Waals surface area contributed by atoms with Gasteiger partial charge in [0.2, 0.25) is 5.95 Å². The van der Waals surface area contributed by atoms with E-state index in [-0.39, 0.29) is 0 Å². The molecule has 158 valence electrons. The highest BCUT2D eigenvalue weighted by molar-refractivity contribution is 5.97. The lowest BCUT2D eigenvalue weighted by Gasteiger charge is -2.37. The van der Waals surface area contributed by atoms with Crippen molar-refractivity contribution < 1.29 is 4.42 Å². The smallest absolute Gasteiger partial charge is 0.250 e. The molecule has 0 aromatic carbocycles. The fraction of sp³-hybridized carbons (Fsp3) is 0.522. The highest BCUT2D eigenvalue weighted by Crippen LogP contribution is 2.29. The fourth-order valence-corrected chi connectivity index (χ4v) is 4.48. The first-order valence-electron chi connectivity index (χ1n) is 11.0. The molecule has 1 saturated heterocycles. The lowest BCUT2D eigenvalue weighted by molar-refractivity contribution is 0.126. The Morgan fingerprint density at radius 2 is 2.07 bits per heavy atom. The van der Waals surface area contributed by atoms with E-state index in [0.717, 1.165) is 87.0 Å². The number of hydrogen-bond donors (Lipinski definition) is 1. The zero-order valence-electron chi connectivity index (χ0n) is 17.9. The van der Waals surface area contributed by atoms with Gasteiger partial charge in [-0.1, -0.05) is 6.08 Å². The second-order valence-electron chi connectivity index (χ2n) is 8.59. The maximum Gasteiger partial charge on any atom is 0.250 e. The highest BCUT2D eigenvalue weighted by atomic mass is 16.3. The van der Waals surface area contributed by atoms with Crippen molar-refractivity contribution in [1.29, 1.82) is 0 Å². The van der Waals surface area contributed by atoms with Crippen molar-refractivity contribution in [2.45, 2.75) is 38.8 Å². The SMILES string of the molecule is Cc1cnc(N=C2C=CC(N3CCN(C)CC3)CC2)nc1-c1cc2c(o1)CCNC2. The minimum Gasteiger partial charge on any atom is -0.459 e. The summed E-state index contributed by atoms with van der Waals surface area (Å²) in [5, 5.41) is 3.39. The van der Waals surface area contributed by atoms with E-state index in [1.807, 2.05) is 13.1 Å². The van der Waals surface area contributed by atoms with Crippen LogP contribution in [0.1, 0.15) is 29.7 Å². The molecule has 0 spiro atoms. The van der Waals surface area contributed by atoms with Crippen LogP contribution in [-0.2, 0) is 13.0 Å². The molecular weight excluding hydrogens is 376 g/mol. The maximum atomic E-state index is 6.11. The first-order chi connectivity index (χ1) is 14.7. The van der Waals surface area contributed by atoms with Gasteiger partial charge in [-0.05, 0) is 44.5 Å². The van der Waals surface area contributed by atoms with Crippen molar-refractivity contribution in [2.24, 2.45) is 4.99 Å². The number of aliphatic imine (C=N–C) groups is 1. The normalized spacial score (nSPS) is 24.3. The van der Waals surface area contributed by atoms with E-state index in [0.29, 0.717) is 12.0 Å². The third-order valence-corrected chi connectivity index (χ3v) is 6.39. The summed E-state index contributed by atoms with van der Waals surface area (Å²) in [5.41, 5.74) is 4.13. The number of rotatable bonds is 3. The molecule has 7 heteroatoms. The molecule has 1 fully saturated rings. The van der Waals surface area contributed by atoms with Crippen LogP contribution < -0.4 is 5.32 Å². The second-order valence-corrected chi connectivity index (χ2v) is 8.59. The molecule has 0 radical (unpaired) electrons. The molecule has 2 aromatic heterocycles. The molecule has 5 rings (SSSR count). The van der Waals surface area contributed by atoms with Gasteiger partial charge >= 0.3 is 0 Å². The average molecular weight is 407 g/mol. The van der Waals surface area contributed by atoms with Gasteiger partial charge < -0.3 is 14.6 Å². The summed E-state index contributed by atoms with van der Waals surface area (Å²) in [5.74, 6) is 2.40. The Bertz CT molecular complexity index is 947. The van der Waals surface area contributed by atoms with Crippen molar-refractivity contribution in [3.8, 4) is 11.5 Å². The van der Waals surface area contributed by atoms with Crippen molar-refractivity contribution in [3.63, 3.8) is 0 Å². The summed E-state index contributed by atoms with van der Waals surface area (Å²) >= 11 is 0. The van der Waals surface area contributed by atoms with E-state index >= 15 is 0 Å². The van der Waals surface area contributed by atoms with Gasteiger partial charge in [0.1, 0.15) is 11.5 Å². The van der Waals surface area contributed by atoms with E-state index in [2.05, 4.69) is 45.4 Å². The Kier molecular flexibility index (Phi) is 5.50. The lowest BCUT2D eigenvalue weighted by Crippen LogP contribution is -2.49. The summed E-state index contributed by atoms with van der Waals surface area (Å²) in [4.78, 5) is 18.9. The first kappa shape index (κ1) is 19.6. The van der Waals surface area contributed by atoms with Crippen LogP contribution in [0.2, 0.25) is 0 Å². The second kappa shape index (κ2) is 8.41. The molecule has 1 N–H and O–H groups in total. The molecule has 4 heterocycles. The van der Waals surface area contributed by atoms with Gasteiger partial charge in [0.25, 0.3) is 0 Å². The van der Waals surface area contributed by atoms with E-state index in [1.54, 1.807) is 0 Å². The monoisotopic (exact) mass is 406 g/mol. The molecule has 3 aliphatic rings. The van der Waals surface area contributed by atoms with Crippen LogP contribution in [0.25, 0.3) is 11.5 Å². The summed E-state index contributed by atoms with van der Waals surface area (Å²) in [7, 11) is 2.20. The number of aryl methyl sites for hydroxylation is 1. The van der Waals surface area contributed by atoms with E-state index in [9.17, 15) is 0 Å². The van der Waals surface area contributed by atoms with Gasteiger partial charge in [0, 0.05) is 69.2 Å². The molecule has 1 atom stereocenters. The van der Waals surface area contributed by atoms with E-state index in [1.165, 1.54) is 5.56 Å². The van der Waals surface area contributed by atoms with E-state index in [4.69, 9.17) is 14.4 Å². The minimum absolute atomic E-state index is 0.515. The van der Waals surface area contributed by atoms with Crippen LogP contribution in [-0.4, -0.2) is 71.3 Å². The Morgan fingerprint density at radius 1 is 1.20 bits per heavy atom. The molecule has 7 nitrogen and oxygen atoms in total. The molecule has 2 aliphatic heterocycles. The quantitative estimate of drug-likeness (QED) is 0.845. The van der Waals surface area contributed by atoms with Crippen molar-refractivity contribution in [3.05, 3.63) is 41.3 Å². The van der Waals surface area contributed by atoms with Crippen molar-refractivity contribution in [2.75, 3.05) is 39.8 Å². The van der Waals surface area contributed by atoms with Gasteiger partial charge in [0.05, 0.1) is 0 Å². The van der Waals surface area contributed by atoms with Crippen LogP contribution in [0.3, 0.4) is 0 Å². The molecule has 0 amide bonds. The Morgan fingerprint density at radius 3 is 2.83 bits per heavy atom. The Balaban J connectivity index is 1.33.